The molecule has 1 heterocycles. The van der Waals surface area contributed by atoms with Gasteiger partial charge in [0.05, 0.1) is 0 Å². The smallest absolute Gasteiger partial charge is 0.236 e. The first-order valence-corrected chi connectivity index (χ1v) is 2.90. The molecule has 0 aromatic carbocycles. The minimum Gasteiger partial charge on any atom is -0.308 e. The maximum Gasteiger partial charge on any atom is 0.236 e. The minimum absolute atomic E-state index is 2.72. The van der Waals surface area contributed by atoms with Crippen molar-refractivity contribution in [3.8, 4) is 0 Å². The van der Waals surface area contributed by atoms with Gasteiger partial charge in [-0.25, -0.2) is 22.0 Å². The Balaban J connectivity index is 2.63. The maximum absolute atomic E-state index is 12.2. The van der Waals surface area contributed by atoms with Crippen molar-refractivity contribution in [3.05, 3.63) is 0 Å². The van der Waals surface area contributed by atoms with E-state index in [-0.39, 0.29) is 0 Å². The number of rotatable bonds is 0. The summed E-state index contributed by atoms with van der Waals surface area (Å²) in [5, 5.41) is 0. The second kappa shape index (κ2) is 2.92. The molecule has 0 aromatic rings. The average Bonchev–Trinajstić information content (AvgIpc) is 1.97. The third-order valence-corrected chi connectivity index (χ3v) is 1.37. The predicted octanol–water partition coefficient (Wildman–Crippen LogP) is 1.62. The fraction of sp³-hybridized carbons (Fsp3) is 1.00. The van der Waals surface area contributed by atoms with Crippen molar-refractivity contribution in [1.82, 2.24) is 0 Å². The summed E-state index contributed by atoms with van der Waals surface area (Å²) in [5.41, 5.74) is 0. The van der Waals surface area contributed by atoms with Gasteiger partial charge in [-0.2, -0.15) is 0 Å². The second-order valence-electron chi connectivity index (χ2n) is 2.17. The maximum atomic E-state index is 12.2. The fourth-order valence-electron chi connectivity index (χ4n) is 0.739. The molecule has 0 bridgehead atoms. The SMILES string of the molecule is FC1OC(F)C(F)C(F)C1F. The van der Waals surface area contributed by atoms with Crippen molar-refractivity contribution in [2.75, 3.05) is 0 Å². The summed E-state index contributed by atoms with van der Waals surface area (Å²) in [4.78, 5) is 0. The summed E-state index contributed by atoms with van der Waals surface area (Å²) < 4.78 is 63.9. The zero-order valence-electron chi connectivity index (χ0n) is 5.18. The van der Waals surface area contributed by atoms with Gasteiger partial charge in [-0.05, 0) is 0 Å². The lowest BCUT2D eigenvalue weighted by Crippen LogP contribution is -2.48. The van der Waals surface area contributed by atoms with Crippen LogP contribution in [-0.4, -0.2) is 31.2 Å². The number of halogens is 5. The van der Waals surface area contributed by atoms with Crippen LogP contribution in [-0.2, 0) is 4.74 Å². The molecule has 1 nitrogen and oxygen atoms in total. The van der Waals surface area contributed by atoms with E-state index >= 15 is 0 Å². The van der Waals surface area contributed by atoms with E-state index < -0.39 is 31.2 Å². The van der Waals surface area contributed by atoms with Crippen LogP contribution in [0.25, 0.3) is 0 Å². The van der Waals surface area contributed by atoms with Gasteiger partial charge in [0.2, 0.25) is 12.7 Å². The predicted molar refractivity (Wildman–Crippen MR) is 25.6 cm³/mol. The van der Waals surface area contributed by atoms with E-state index in [1.54, 1.807) is 0 Å². The Hall–Kier alpha value is -0.390. The molecule has 1 fully saturated rings. The van der Waals surface area contributed by atoms with Gasteiger partial charge in [-0.3, -0.25) is 0 Å². The number of hydrogen-bond acceptors (Lipinski definition) is 1. The molecule has 0 N–H and O–H groups in total. The van der Waals surface area contributed by atoms with E-state index in [2.05, 4.69) is 4.74 Å². The van der Waals surface area contributed by atoms with Crippen LogP contribution in [0.1, 0.15) is 0 Å². The summed E-state index contributed by atoms with van der Waals surface area (Å²) in [7, 11) is 0. The summed E-state index contributed by atoms with van der Waals surface area (Å²) in [6, 6.07) is 0. The van der Waals surface area contributed by atoms with Gasteiger partial charge < -0.3 is 4.74 Å². The highest BCUT2D eigenvalue weighted by Gasteiger charge is 2.48. The molecule has 0 amide bonds. The molecule has 6 heteroatoms. The van der Waals surface area contributed by atoms with Gasteiger partial charge in [0.1, 0.15) is 0 Å². The van der Waals surface area contributed by atoms with Crippen molar-refractivity contribution >= 4 is 0 Å². The highest BCUT2D eigenvalue weighted by molar-refractivity contribution is 4.85. The normalized spacial score (nSPS) is 52.6. The Morgan fingerprint density at radius 3 is 1.36 bits per heavy atom. The summed E-state index contributed by atoms with van der Waals surface area (Å²) >= 11 is 0. The molecular formula is C5H5F5O. The molecule has 4 atom stereocenters. The standard InChI is InChI=1S/C5H5F5O/c6-1-2(7)4(9)11-5(10)3(1)8/h1-5H. The average molecular weight is 176 g/mol. The molecule has 0 saturated carbocycles. The Morgan fingerprint density at radius 1 is 0.636 bits per heavy atom. The van der Waals surface area contributed by atoms with Gasteiger partial charge >= 0.3 is 0 Å². The fourth-order valence-corrected chi connectivity index (χ4v) is 0.739. The third-order valence-electron chi connectivity index (χ3n) is 1.37. The van der Waals surface area contributed by atoms with Crippen molar-refractivity contribution in [2.45, 2.75) is 31.2 Å². The minimum atomic E-state index is -2.78. The monoisotopic (exact) mass is 176 g/mol. The first kappa shape index (κ1) is 8.70. The molecule has 4 unspecified atom stereocenters. The molecule has 0 spiro atoms. The highest BCUT2D eigenvalue weighted by atomic mass is 19.2. The van der Waals surface area contributed by atoms with Crippen LogP contribution in [0.15, 0.2) is 0 Å². The lowest BCUT2D eigenvalue weighted by Gasteiger charge is -2.28. The third kappa shape index (κ3) is 1.45. The van der Waals surface area contributed by atoms with Crippen LogP contribution in [0, 0.1) is 0 Å². The van der Waals surface area contributed by atoms with Gasteiger partial charge in [-0.15, -0.1) is 0 Å². The molecule has 66 valence electrons. The largest absolute Gasteiger partial charge is 0.308 e. The molecular weight excluding hydrogens is 171 g/mol. The highest BCUT2D eigenvalue weighted by Crippen LogP contribution is 2.28. The second-order valence-corrected chi connectivity index (χ2v) is 2.17. The van der Waals surface area contributed by atoms with Crippen LogP contribution < -0.4 is 0 Å². The van der Waals surface area contributed by atoms with Gasteiger partial charge in [0.25, 0.3) is 0 Å². The number of ether oxygens (including phenoxy) is 1. The first-order chi connectivity index (χ1) is 5.04. The van der Waals surface area contributed by atoms with E-state index in [1.807, 2.05) is 0 Å². The van der Waals surface area contributed by atoms with Crippen LogP contribution >= 0.6 is 0 Å². The van der Waals surface area contributed by atoms with Crippen molar-refractivity contribution in [1.29, 1.82) is 0 Å². The molecule has 0 radical (unpaired) electrons. The Labute approximate surface area is 59.1 Å². The van der Waals surface area contributed by atoms with Crippen molar-refractivity contribution in [3.63, 3.8) is 0 Å². The van der Waals surface area contributed by atoms with Gasteiger partial charge in [0.15, 0.2) is 18.5 Å². The Morgan fingerprint density at radius 2 is 1.00 bits per heavy atom. The van der Waals surface area contributed by atoms with Crippen LogP contribution in [0.4, 0.5) is 22.0 Å². The molecule has 11 heavy (non-hydrogen) atoms. The lowest BCUT2D eigenvalue weighted by molar-refractivity contribution is -0.247. The van der Waals surface area contributed by atoms with E-state index in [0.29, 0.717) is 0 Å². The van der Waals surface area contributed by atoms with Crippen LogP contribution in [0.3, 0.4) is 0 Å². The molecule has 1 aliphatic rings. The zero-order valence-corrected chi connectivity index (χ0v) is 5.18. The van der Waals surface area contributed by atoms with Crippen molar-refractivity contribution in [2.24, 2.45) is 0 Å². The molecule has 1 rings (SSSR count). The molecule has 1 saturated heterocycles. The van der Waals surface area contributed by atoms with Crippen molar-refractivity contribution < 1.29 is 26.7 Å². The van der Waals surface area contributed by atoms with E-state index in [1.165, 1.54) is 0 Å². The van der Waals surface area contributed by atoms with E-state index in [9.17, 15) is 22.0 Å². The van der Waals surface area contributed by atoms with E-state index in [0.717, 1.165) is 0 Å². The summed E-state index contributed by atoms with van der Waals surface area (Å²) in [6.07, 6.45) is -13.7. The first-order valence-electron chi connectivity index (χ1n) is 2.90. The number of hydrogen-bond donors (Lipinski definition) is 0. The zero-order chi connectivity index (χ0) is 8.59. The number of alkyl halides is 5. The topological polar surface area (TPSA) is 9.23 Å². The summed E-state index contributed by atoms with van der Waals surface area (Å²) in [5.74, 6) is 0. The van der Waals surface area contributed by atoms with Gasteiger partial charge in [0, 0.05) is 0 Å². The van der Waals surface area contributed by atoms with Gasteiger partial charge in [-0.1, -0.05) is 0 Å². The summed E-state index contributed by atoms with van der Waals surface area (Å²) in [6.45, 7) is 0. The Kier molecular flexibility index (Phi) is 2.31. The molecule has 0 aliphatic carbocycles. The van der Waals surface area contributed by atoms with E-state index in [4.69, 9.17) is 0 Å². The van der Waals surface area contributed by atoms with Crippen LogP contribution in [0.5, 0.6) is 0 Å². The quantitative estimate of drug-likeness (QED) is 0.509. The Bertz CT molecular complexity index is 129. The molecule has 0 aromatic heterocycles. The lowest BCUT2D eigenvalue weighted by atomic mass is 10.1. The molecule has 1 aliphatic heterocycles. The van der Waals surface area contributed by atoms with Crippen LogP contribution in [0.2, 0.25) is 0 Å².